The van der Waals surface area contributed by atoms with E-state index in [4.69, 9.17) is 10.5 Å². The molecule has 0 bridgehead atoms. The largest absolute Gasteiger partial charge is 0.366 e. The molecule has 0 spiro atoms. The van der Waals surface area contributed by atoms with Gasteiger partial charge < -0.3 is 20.7 Å². The molecule has 2 atom stereocenters. The molecule has 2 aliphatic heterocycles. The van der Waals surface area contributed by atoms with Crippen LogP contribution in [0.3, 0.4) is 0 Å². The lowest BCUT2D eigenvalue weighted by Gasteiger charge is -2.34. The molecule has 0 aromatic carbocycles. The molecule has 0 aliphatic carbocycles. The van der Waals surface area contributed by atoms with Gasteiger partial charge in [-0.2, -0.15) is 0 Å². The highest BCUT2D eigenvalue weighted by atomic mass is 16.5. The van der Waals surface area contributed by atoms with Crippen molar-refractivity contribution in [3.05, 3.63) is 0 Å². The summed E-state index contributed by atoms with van der Waals surface area (Å²) in [6.07, 6.45) is 1.73. The third-order valence-electron chi connectivity index (χ3n) is 2.97. The fourth-order valence-corrected chi connectivity index (χ4v) is 2.14. The van der Waals surface area contributed by atoms with Gasteiger partial charge in [-0.1, -0.05) is 0 Å². The van der Waals surface area contributed by atoms with Gasteiger partial charge in [0.2, 0.25) is 0 Å². The fraction of sp³-hybridized carbons (Fsp3) is 0.900. The van der Waals surface area contributed by atoms with Crippen molar-refractivity contribution in [2.75, 3.05) is 32.8 Å². The highest BCUT2D eigenvalue weighted by molar-refractivity contribution is 5.81. The first-order valence-corrected chi connectivity index (χ1v) is 5.64. The molecule has 0 radical (unpaired) electrons. The first-order chi connectivity index (χ1) is 7.27. The molecule has 2 saturated heterocycles. The van der Waals surface area contributed by atoms with Crippen LogP contribution in [0.25, 0.3) is 0 Å². The Morgan fingerprint density at radius 1 is 1.53 bits per heavy atom. The second-order valence-electron chi connectivity index (χ2n) is 4.25. The van der Waals surface area contributed by atoms with Crippen LogP contribution in [0.4, 0.5) is 0 Å². The first-order valence-electron chi connectivity index (χ1n) is 5.64. The summed E-state index contributed by atoms with van der Waals surface area (Å²) in [5, 5.41) is 3.16. The molecular formula is C10H19N3O2. The maximum Gasteiger partial charge on any atom is 0.253 e. The van der Waals surface area contributed by atoms with Gasteiger partial charge in [-0.25, -0.2) is 0 Å². The van der Waals surface area contributed by atoms with Crippen LogP contribution in [0.5, 0.6) is 0 Å². The van der Waals surface area contributed by atoms with E-state index in [1.807, 2.05) is 4.90 Å². The number of ether oxygens (including phenoxy) is 1. The van der Waals surface area contributed by atoms with E-state index in [0.717, 1.165) is 25.9 Å². The van der Waals surface area contributed by atoms with Gasteiger partial charge >= 0.3 is 0 Å². The molecule has 0 aromatic heterocycles. The summed E-state index contributed by atoms with van der Waals surface area (Å²) in [6.45, 7) is 3.59. The standard InChI is InChI=1S/C10H19N3O2/c11-8-2-1-4-13(7-8)10(14)9-6-12-3-5-15-9/h8-9,12H,1-7,11H2/t8?,9-/m1/s1. The minimum absolute atomic E-state index is 0.0948. The van der Waals surface area contributed by atoms with E-state index in [-0.39, 0.29) is 18.1 Å². The van der Waals surface area contributed by atoms with Crippen molar-refractivity contribution in [2.45, 2.75) is 25.0 Å². The SMILES string of the molecule is NC1CCCN(C(=O)[C@H]2CNCCO2)C1. The zero-order valence-corrected chi connectivity index (χ0v) is 8.95. The fourth-order valence-electron chi connectivity index (χ4n) is 2.14. The van der Waals surface area contributed by atoms with E-state index in [2.05, 4.69) is 5.32 Å². The number of amides is 1. The Hall–Kier alpha value is -0.650. The third kappa shape index (κ3) is 2.68. The number of likely N-dealkylation sites (tertiary alicyclic amines) is 1. The molecule has 1 amide bonds. The van der Waals surface area contributed by atoms with E-state index in [0.29, 0.717) is 19.7 Å². The monoisotopic (exact) mass is 213 g/mol. The van der Waals surface area contributed by atoms with Gasteiger partial charge in [0.15, 0.2) is 0 Å². The van der Waals surface area contributed by atoms with E-state index < -0.39 is 0 Å². The van der Waals surface area contributed by atoms with Crippen LogP contribution in [0, 0.1) is 0 Å². The van der Waals surface area contributed by atoms with Crippen molar-refractivity contribution in [3.8, 4) is 0 Å². The van der Waals surface area contributed by atoms with Crippen molar-refractivity contribution in [1.82, 2.24) is 10.2 Å². The molecule has 0 aromatic rings. The Labute approximate surface area is 89.9 Å². The summed E-state index contributed by atoms with van der Waals surface area (Å²) in [5.41, 5.74) is 5.84. The number of piperidine rings is 1. The minimum atomic E-state index is -0.302. The Morgan fingerprint density at radius 2 is 2.40 bits per heavy atom. The van der Waals surface area contributed by atoms with Gasteiger partial charge in [0.1, 0.15) is 6.10 Å². The Balaban J connectivity index is 1.88. The first kappa shape index (κ1) is 10.9. The van der Waals surface area contributed by atoms with Gasteiger partial charge in [0.25, 0.3) is 5.91 Å². The maximum absolute atomic E-state index is 12.0. The molecule has 2 rings (SSSR count). The lowest BCUT2D eigenvalue weighted by Crippen LogP contribution is -2.53. The second kappa shape index (κ2) is 4.92. The lowest BCUT2D eigenvalue weighted by molar-refractivity contribution is -0.146. The zero-order valence-electron chi connectivity index (χ0n) is 8.95. The molecule has 2 fully saturated rings. The van der Waals surface area contributed by atoms with E-state index >= 15 is 0 Å². The van der Waals surface area contributed by atoms with Crippen LogP contribution in [-0.4, -0.2) is 55.7 Å². The van der Waals surface area contributed by atoms with Crippen LogP contribution >= 0.6 is 0 Å². The molecular weight excluding hydrogens is 194 g/mol. The number of hydrogen-bond acceptors (Lipinski definition) is 4. The van der Waals surface area contributed by atoms with E-state index in [1.54, 1.807) is 0 Å². The normalized spacial score (nSPS) is 32.7. The predicted octanol–water partition coefficient (Wildman–Crippen LogP) is -1.08. The molecule has 15 heavy (non-hydrogen) atoms. The molecule has 2 aliphatic rings. The number of carbonyl (C=O) groups excluding carboxylic acids is 1. The topological polar surface area (TPSA) is 67.6 Å². The van der Waals surface area contributed by atoms with Gasteiger partial charge in [-0.05, 0) is 12.8 Å². The van der Waals surface area contributed by atoms with Crippen LogP contribution in [0.2, 0.25) is 0 Å². The summed E-state index contributed by atoms with van der Waals surface area (Å²) < 4.78 is 5.43. The highest BCUT2D eigenvalue weighted by Crippen LogP contribution is 2.11. The molecule has 3 N–H and O–H groups in total. The number of carbonyl (C=O) groups is 1. The number of nitrogens with one attached hydrogen (secondary N) is 1. The number of rotatable bonds is 1. The summed E-state index contributed by atoms with van der Waals surface area (Å²) >= 11 is 0. The quantitative estimate of drug-likeness (QED) is 0.582. The van der Waals surface area contributed by atoms with Crippen molar-refractivity contribution < 1.29 is 9.53 Å². The number of nitrogens with two attached hydrogens (primary N) is 1. The van der Waals surface area contributed by atoms with Crippen molar-refractivity contribution in [3.63, 3.8) is 0 Å². The number of hydrogen-bond donors (Lipinski definition) is 2. The maximum atomic E-state index is 12.0. The van der Waals surface area contributed by atoms with Gasteiger partial charge in [0.05, 0.1) is 6.61 Å². The second-order valence-corrected chi connectivity index (χ2v) is 4.25. The highest BCUT2D eigenvalue weighted by Gasteiger charge is 2.29. The summed E-state index contributed by atoms with van der Waals surface area (Å²) in [4.78, 5) is 13.8. The summed E-state index contributed by atoms with van der Waals surface area (Å²) in [5.74, 6) is 0.0948. The van der Waals surface area contributed by atoms with E-state index in [1.165, 1.54) is 0 Å². The average Bonchev–Trinajstić information content (AvgIpc) is 2.29. The molecule has 1 unspecified atom stereocenters. The smallest absolute Gasteiger partial charge is 0.253 e. The Kier molecular flexibility index (Phi) is 3.56. The van der Waals surface area contributed by atoms with E-state index in [9.17, 15) is 4.79 Å². The zero-order chi connectivity index (χ0) is 10.7. The third-order valence-corrected chi connectivity index (χ3v) is 2.97. The van der Waals surface area contributed by atoms with Gasteiger partial charge in [-0.15, -0.1) is 0 Å². The molecule has 5 nitrogen and oxygen atoms in total. The van der Waals surface area contributed by atoms with Crippen molar-refractivity contribution >= 4 is 5.91 Å². The van der Waals surface area contributed by atoms with Crippen LogP contribution in [0.1, 0.15) is 12.8 Å². The molecule has 86 valence electrons. The van der Waals surface area contributed by atoms with Gasteiger partial charge in [0, 0.05) is 32.2 Å². The number of nitrogens with zero attached hydrogens (tertiary/aromatic N) is 1. The van der Waals surface area contributed by atoms with Crippen molar-refractivity contribution in [2.24, 2.45) is 5.73 Å². The Morgan fingerprint density at radius 3 is 3.07 bits per heavy atom. The van der Waals surface area contributed by atoms with Crippen LogP contribution in [-0.2, 0) is 9.53 Å². The van der Waals surface area contributed by atoms with Crippen LogP contribution in [0.15, 0.2) is 0 Å². The summed E-state index contributed by atoms with van der Waals surface area (Å²) in [7, 11) is 0. The molecule has 0 saturated carbocycles. The predicted molar refractivity (Wildman–Crippen MR) is 56.4 cm³/mol. The lowest BCUT2D eigenvalue weighted by atomic mass is 10.1. The molecule has 2 heterocycles. The average molecular weight is 213 g/mol. The number of morpholine rings is 1. The van der Waals surface area contributed by atoms with Crippen molar-refractivity contribution in [1.29, 1.82) is 0 Å². The molecule has 5 heteroatoms. The van der Waals surface area contributed by atoms with Crippen LogP contribution < -0.4 is 11.1 Å². The van der Waals surface area contributed by atoms with Gasteiger partial charge in [-0.3, -0.25) is 4.79 Å². The minimum Gasteiger partial charge on any atom is -0.366 e. The Bertz CT molecular complexity index is 229. The summed E-state index contributed by atoms with van der Waals surface area (Å²) in [6, 6.07) is 0.138.